The molecule has 3 heteroatoms. The van der Waals surface area contributed by atoms with Gasteiger partial charge in [-0.05, 0) is 61.5 Å². The maximum absolute atomic E-state index is 6.31. The topological polar surface area (TPSA) is 32.5 Å². The first kappa shape index (κ1) is 18.4. The van der Waals surface area contributed by atoms with Crippen molar-refractivity contribution >= 4 is 17.1 Å². The third-order valence-electron chi connectivity index (χ3n) is 6.32. The Labute approximate surface area is 164 Å². The van der Waals surface area contributed by atoms with Crippen molar-refractivity contribution in [2.24, 2.45) is 5.41 Å². The predicted molar refractivity (Wildman–Crippen MR) is 116 cm³/mol. The molecule has 27 heavy (non-hydrogen) atoms. The summed E-state index contributed by atoms with van der Waals surface area (Å²) in [6.07, 6.45) is 3.73. The lowest BCUT2D eigenvalue weighted by molar-refractivity contribution is 0.114. The summed E-state index contributed by atoms with van der Waals surface area (Å²) < 4.78 is 0. The molecule has 0 radical (unpaired) electrons. The largest absolute Gasteiger partial charge is 0.397 e. The number of anilines is 3. The van der Waals surface area contributed by atoms with Gasteiger partial charge in [-0.3, -0.25) is 0 Å². The van der Waals surface area contributed by atoms with Crippen molar-refractivity contribution in [3.63, 3.8) is 0 Å². The fraction of sp³-hybridized carbons (Fsp3) is 0.500. The van der Waals surface area contributed by atoms with E-state index >= 15 is 0 Å². The molecule has 0 aromatic heterocycles. The van der Waals surface area contributed by atoms with Crippen molar-refractivity contribution in [1.29, 1.82) is 0 Å². The van der Waals surface area contributed by atoms with Crippen molar-refractivity contribution in [2.75, 3.05) is 36.8 Å². The minimum Gasteiger partial charge on any atom is -0.397 e. The Morgan fingerprint density at radius 2 is 1.44 bits per heavy atom. The highest BCUT2D eigenvalue weighted by Gasteiger charge is 2.42. The second kappa shape index (κ2) is 6.87. The molecule has 0 aliphatic carbocycles. The molecule has 2 heterocycles. The molecule has 2 aromatic carbocycles. The molecular weight excluding hydrogens is 330 g/mol. The fourth-order valence-corrected chi connectivity index (χ4v) is 5.05. The average molecular weight is 364 g/mol. The van der Waals surface area contributed by atoms with Crippen molar-refractivity contribution in [1.82, 2.24) is 4.90 Å². The second-order valence-corrected chi connectivity index (χ2v) is 9.59. The van der Waals surface area contributed by atoms with Gasteiger partial charge < -0.3 is 15.5 Å². The fourth-order valence-electron chi connectivity index (χ4n) is 5.05. The first-order chi connectivity index (χ1) is 12.9. The van der Waals surface area contributed by atoms with Crippen LogP contribution in [0.1, 0.15) is 45.6 Å². The lowest BCUT2D eigenvalue weighted by Crippen LogP contribution is -2.48. The molecule has 2 aromatic rings. The van der Waals surface area contributed by atoms with Crippen LogP contribution in [0, 0.1) is 5.41 Å². The number of hydrogen-bond donors (Lipinski definition) is 1. The average Bonchev–Trinajstić information content (AvgIpc) is 2.64. The van der Waals surface area contributed by atoms with Crippen LogP contribution in [0.4, 0.5) is 17.1 Å². The molecule has 3 nitrogen and oxygen atoms in total. The summed E-state index contributed by atoms with van der Waals surface area (Å²) in [7, 11) is 0. The van der Waals surface area contributed by atoms with E-state index in [0.717, 1.165) is 17.9 Å². The van der Waals surface area contributed by atoms with Gasteiger partial charge in [0.1, 0.15) is 0 Å². The van der Waals surface area contributed by atoms with Crippen LogP contribution < -0.4 is 10.6 Å². The lowest BCUT2D eigenvalue weighted by Gasteiger charge is -2.49. The van der Waals surface area contributed by atoms with Gasteiger partial charge in [0.05, 0.1) is 11.4 Å². The number of rotatable bonds is 2. The molecule has 0 saturated carbocycles. The molecule has 1 fully saturated rings. The first-order valence-corrected chi connectivity index (χ1v) is 10.3. The summed E-state index contributed by atoms with van der Waals surface area (Å²) in [5.74, 6) is 0. The molecule has 0 atom stereocenters. The van der Waals surface area contributed by atoms with Crippen molar-refractivity contribution in [3.05, 3.63) is 54.1 Å². The molecule has 0 unspecified atom stereocenters. The maximum Gasteiger partial charge on any atom is 0.0644 e. The van der Waals surface area contributed by atoms with Gasteiger partial charge in [0, 0.05) is 24.2 Å². The van der Waals surface area contributed by atoms with Crippen LogP contribution in [0.3, 0.4) is 0 Å². The number of benzene rings is 2. The molecule has 2 aliphatic heterocycles. The van der Waals surface area contributed by atoms with E-state index in [9.17, 15) is 0 Å². The molecular formula is C24H33N3. The molecule has 144 valence electrons. The monoisotopic (exact) mass is 363 g/mol. The molecule has 1 saturated heterocycles. The smallest absolute Gasteiger partial charge is 0.0644 e. The zero-order chi connectivity index (χ0) is 19.1. The minimum atomic E-state index is 0.324. The predicted octanol–water partition coefficient (Wildman–Crippen LogP) is 5.19. The zero-order valence-electron chi connectivity index (χ0n) is 17.0. The number of nitrogen functional groups attached to an aromatic ring is 1. The highest BCUT2D eigenvalue weighted by atomic mass is 15.2. The van der Waals surface area contributed by atoms with Gasteiger partial charge in [0.25, 0.3) is 0 Å². The maximum atomic E-state index is 6.31. The summed E-state index contributed by atoms with van der Waals surface area (Å²) in [6, 6.07) is 17.3. The highest BCUT2D eigenvalue weighted by molar-refractivity contribution is 5.77. The van der Waals surface area contributed by atoms with Gasteiger partial charge in [-0.2, -0.15) is 0 Å². The van der Waals surface area contributed by atoms with E-state index in [1.807, 2.05) is 12.1 Å². The Hall–Kier alpha value is -2.00. The van der Waals surface area contributed by atoms with E-state index < -0.39 is 0 Å². The van der Waals surface area contributed by atoms with Crippen LogP contribution in [-0.2, 0) is 5.41 Å². The van der Waals surface area contributed by atoms with Crippen molar-refractivity contribution in [3.8, 4) is 0 Å². The van der Waals surface area contributed by atoms with Gasteiger partial charge in [-0.1, -0.05) is 51.1 Å². The zero-order valence-corrected chi connectivity index (χ0v) is 17.0. The van der Waals surface area contributed by atoms with E-state index in [1.165, 1.54) is 50.1 Å². The van der Waals surface area contributed by atoms with Gasteiger partial charge in [-0.15, -0.1) is 0 Å². The Balaban J connectivity index is 1.62. The minimum absolute atomic E-state index is 0.324. The van der Waals surface area contributed by atoms with Crippen LogP contribution >= 0.6 is 0 Å². The third-order valence-corrected chi connectivity index (χ3v) is 6.32. The van der Waals surface area contributed by atoms with Crippen molar-refractivity contribution in [2.45, 2.75) is 45.4 Å². The van der Waals surface area contributed by atoms with Crippen LogP contribution in [-0.4, -0.2) is 31.1 Å². The summed E-state index contributed by atoms with van der Waals surface area (Å²) >= 11 is 0. The van der Waals surface area contributed by atoms with Crippen molar-refractivity contribution < 1.29 is 0 Å². The molecule has 4 rings (SSSR count). The standard InChI is InChI=1S/C24H33N3/c1-23(2,3)18-26-15-12-24(13-16-26)14-17-27(21-10-6-4-8-19(21)24)22-11-7-5-9-20(22)25/h4-11H,12-18,25H2,1-3H3. The Morgan fingerprint density at radius 1 is 0.852 bits per heavy atom. The number of hydrogen-bond acceptors (Lipinski definition) is 3. The second-order valence-electron chi connectivity index (χ2n) is 9.59. The number of fused-ring (bicyclic) bond motifs is 2. The number of nitrogens with zero attached hydrogens (tertiary/aromatic N) is 2. The Kier molecular flexibility index (Phi) is 4.67. The molecule has 0 bridgehead atoms. The number of piperidine rings is 1. The molecule has 0 amide bonds. The van der Waals surface area contributed by atoms with E-state index in [2.05, 4.69) is 67.0 Å². The summed E-state index contributed by atoms with van der Waals surface area (Å²) in [6.45, 7) is 11.7. The summed E-state index contributed by atoms with van der Waals surface area (Å²) in [5, 5.41) is 0. The summed E-state index contributed by atoms with van der Waals surface area (Å²) in [5.41, 5.74) is 11.9. The highest BCUT2D eigenvalue weighted by Crippen LogP contribution is 2.49. The van der Waals surface area contributed by atoms with Crippen LogP contribution in [0.2, 0.25) is 0 Å². The van der Waals surface area contributed by atoms with Gasteiger partial charge in [-0.25, -0.2) is 0 Å². The van der Waals surface area contributed by atoms with E-state index in [4.69, 9.17) is 5.73 Å². The number of likely N-dealkylation sites (tertiary alicyclic amines) is 1. The SMILES string of the molecule is CC(C)(C)CN1CCC2(CC1)CCN(c1ccccc1N)c1ccccc12. The first-order valence-electron chi connectivity index (χ1n) is 10.3. The number of nitrogens with two attached hydrogens (primary N) is 1. The molecule has 1 spiro atoms. The van der Waals surface area contributed by atoms with Crippen LogP contribution in [0.25, 0.3) is 0 Å². The Morgan fingerprint density at radius 3 is 2.11 bits per heavy atom. The Bertz CT molecular complexity index is 797. The number of para-hydroxylation sites is 3. The summed E-state index contributed by atoms with van der Waals surface area (Å²) in [4.78, 5) is 5.09. The van der Waals surface area contributed by atoms with E-state index in [-0.39, 0.29) is 0 Å². The van der Waals surface area contributed by atoms with E-state index in [1.54, 1.807) is 0 Å². The lowest BCUT2D eigenvalue weighted by atomic mass is 9.67. The normalized spacial score (nSPS) is 19.9. The van der Waals surface area contributed by atoms with Gasteiger partial charge >= 0.3 is 0 Å². The van der Waals surface area contributed by atoms with E-state index in [0.29, 0.717) is 10.8 Å². The molecule has 2 N–H and O–H groups in total. The van der Waals surface area contributed by atoms with Crippen LogP contribution in [0.5, 0.6) is 0 Å². The third kappa shape index (κ3) is 3.58. The van der Waals surface area contributed by atoms with Gasteiger partial charge in [0.2, 0.25) is 0 Å². The quantitative estimate of drug-likeness (QED) is 0.745. The van der Waals surface area contributed by atoms with Crippen LogP contribution in [0.15, 0.2) is 48.5 Å². The van der Waals surface area contributed by atoms with Gasteiger partial charge in [0.15, 0.2) is 0 Å². The molecule has 2 aliphatic rings.